The number of nitrogens with one attached hydrogen (secondary N) is 1. The summed E-state index contributed by atoms with van der Waals surface area (Å²) in [4.78, 5) is 7.42. The summed E-state index contributed by atoms with van der Waals surface area (Å²) in [6, 6.07) is 8.70. The average Bonchev–Trinajstić information content (AvgIpc) is 3.28. The minimum Gasteiger partial charge on any atom is -0.375 e. The van der Waals surface area contributed by atoms with Crippen molar-refractivity contribution in [1.82, 2.24) is 10.2 Å². The van der Waals surface area contributed by atoms with Crippen molar-refractivity contribution in [1.29, 1.82) is 0 Å². The summed E-state index contributed by atoms with van der Waals surface area (Å²) in [6.45, 7) is 7.21. The second-order valence-corrected chi connectivity index (χ2v) is 8.78. The van der Waals surface area contributed by atoms with Crippen LogP contribution in [0.1, 0.15) is 38.2 Å². The van der Waals surface area contributed by atoms with Gasteiger partial charge in [0.15, 0.2) is 5.96 Å². The zero-order valence-electron chi connectivity index (χ0n) is 16.1. The Kier molecular flexibility index (Phi) is 6.05. The van der Waals surface area contributed by atoms with Crippen LogP contribution in [-0.4, -0.2) is 62.5 Å². The van der Waals surface area contributed by atoms with Crippen molar-refractivity contribution in [2.24, 2.45) is 4.99 Å². The molecule has 0 amide bonds. The van der Waals surface area contributed by atoms with Gasteiger partial charge in [-0.1, -0.05) is 28.1 Å². The van der Waals surface area contributed by atoms with Crippen molar-refractivity contribution < 1.29 is 9.47 Å². The summed E-state index contributed by atoms with van der Waals surface area (Å²) in [7, 11) is 0. The van der Waals surface area contributed by atoms with E-state index < -0.39 is 0 Å². The molecule has 1 aromatic carbocycles. The van der Waals surface area contributed by atoms with Gasteiger partial charge in [0.2, 0.25) is 0 Å². The van der Waals surface area contributed by atoms with Crippen LogP contribution < -0.4 is 5.32 Å². The van der Waals surface area contributed by atoms with Crippen molar-refractivity contribution >= 4 is 21.9 Å². The molecule has 3 aliphatic rings. The Morgan fingerprint density at radius 3 is 2.85 bits per heavy atom. The van der Waals surface area contributed by atoms with Gasteiger partial charge >= 0.3 is 0 Å². The summed E-state index contributed by atoms with van der Waals surface area (Å²) in [5, 5.41) is 3.50. The van der Waals surface area contributed by atoms with Crippen LogP contribution in [0.3, 0.4) is 0 Å². The van der Waals surface area contributed by atoms with Crippen LogP contribution in [-0.2, 0) is 14.9 Å². The highest BCUT2D eigenvalue weighted by Gasteiger charge is 2.44. The van der Waals surface area contributed by atoms with Crippen molar-refractivity contribution in [3.8, 4) is 0 Å². The van der Waals surface area contributed by atoms with E-state index in [0.29, 0.717) is 0 Å². The zero-order chi connectivity index (χ0) is 18.7. The van der Waals surface area contributed by atoms with Crippen molar-refractivity contribution in [3.63, 3.8) is 0 Å². The molecule has 2 heterocycles. The fourth-order valence-corrected chi connectivity index (χ4v) is 4.55. The standard InChI is InChI=1S/C21H30BrN3O2/c1-2-23-20(25-10-12-27-19(14-25)18-7-4-11-26-18)24-15-21(8-9-21)16-5-3-6-17(22)13-16/h3,5-6,13,18-19H,2,4,7-12,14-15H2,1H3,(H,23,24). The van der Waals surface area contributed by atoms with Gasteiger partial charge in [0.25, 0.3) is 0 Å². The monoisotopic (exact) mass is 435 g/mol. The highest BCUT2D eigenvalue weighted by atomic mass is 79.9. The first-order chi connectivity index (χ1) is 13.2. The minimum atomic E-state index is 0.157. The van der Waals surface area contributed by atoms with Gasteiger partial charge < -0.3 is 19.7 Å². The third-order valence-corrected chi connectivity index (χ3v) is 6.42. The number of halogens is 1. The number of morpholine rings is 1. The molecule has 148 valence electrons. The van der Waals surface area contributed by atoms with E-state index in [1.807, 2.05) is 0 Å². The fraction of sp³-hybridized carbons (Fsp3) is 0.667. The maximum atomic E-state index is 6.01. The van der Waals surface area contributed by atoms with E-state index in [1.165, 1.54) is 18.4 Å². The van der Waals surface area contributed by atoms with Crippen LogP contribution in [0, 0.1) is 0 Å². The molecule has 0 aromatic heterocycles. The van der Waals surface area contributed by atoms with E-state index in [2.05, 4.69) is 57.3 Å². The Morgan fingerprint density at radius 2 is 2.15 bits per heavy atom. The van der Waals surface area contributed by atoms with Crippen LogP contribution in [0.25, 0.3) is 0 Å². The lowest BCUT2D eigenvalue weighted by Crippen LogP contribution is -2.53. The molecule has 0 spiro atoms. The van der Waals surface area contributed by atoms with Gasteiger partial charge in [0.1, 0.15) is 6.10 Å². The van der Waals surface area contributed by atoms with Gasteiger partial charge in [-0.3, -0.25) is 4.99 Å². The summed E-state index contributed by atoms with van der Waals surface area (Å²) < 4.78 is 13.0. The molecule has 2 unspecified atom stereocenters. The quantitative estimate of drug-likeness (QED) is 0.568. The van der Waals surface area contributed by atoms with Crippen LogP contribution in [0.4, 0.5) is 0 Å². The number of hydrogen-bond acceptors (Lipinski definition) is 3. The average molecular weight is 436 g/mol. The lowest BCUT2D eigenvalue weighted by atomic mass is 9.96. The predicted octanol–water partition coefficient (Wildman–Crippen LogP) is 3.33. The van der Waals surface area contributed by atoms with Crippen molar-refractivity contribution in [3.05, 3.63) is 34.3 Å². The minimum absolute atomic E-state index is 0.157. The largest absolute Gasteiger partial charge is 0.375 e. The molecule has 27 heavy (non-hydrogen) atoms. The molecule has 1 aromatic rings. The Morgan fingerprint density at radius 1 is 1.30 bits per heavy atom. The first kappa shape index (κ1) is 19.2. The third kappa shape index (κ3) is 4.49. The maximum Gasteiger partial charge on any atom is 0.194 e. The molecule has 0 radical (unpaired) electrons. The first-order valence-corrected chi connectivity index (χ1v) is 11.0. The molecule has 4 rings (SSSR count). The fourth-order valence-electron chi connectivity index (χ4n) is 4.15. The first-order valence-electron chi connectivity index (χ1n) is 10.2. The van der Waals surface area contributed by atoms with Gasteiger partial charge in [-0.15, -0.1) is 0 Å². The van der Waals surface area contributed by atoms with E-state index in [4.69, 9.17) is 14.5 Å². The molecule has 0 bridgehead atoms. The summed E-state index contributed by atoms with van der Waals surface area (Å²) >= 11 is 3.61. The molecule has 1 N–H and O–H groups in total. The Balaban J connectivity index is 1.45. The highest BCUT2D eigenvalue weighted by Crippen LogP contribution is 2.48. The summed E-state index contributed by atoms with van der Waals surface area (Å²) in [6.07, 6.45) is 5.09. The summed E-state index contributed by atoms with van der Waals surface area (Å²) in [5.41, 5.74) is 1.61. The lowest BCUT2D eigenvalue weighted by molar-refractivity contribution is -0.0817. The van der Waals surface area contributed by atoms with Crippen molar-refractivity contribution in [2.45, 2.75) is 50.2 Å². The molecular weight excluding hydrogens is 406 g/mol. The van der Waals surface area contributed by atoms with Gasteiger partial charge in [0.05, 0.1) is 19.3 Å². The smallest absolute Gasteiger partial charge is 0.194 e. The van der Waals surface area contributed by atoms with Gasteiger partial charge in [0, 0.05) is 36.1 Å². The summed E-state index contributed by atoms with van der Waals surface area (Å²) in [5.74, 6) is 1.02. The number of ether oxygens (including phenoxy) is 2. The number of benzene rings is 1. The normalized spacial score (nSPS) is 27.6. The van der Waals surface area contributed by atoms with Crippen LogP contribution in [0.2, 0.25) is 0 Å². The molecule has 2 saturated heterocycles. The molecule has 3 fully saturated rings. The predicted molar refractivity (Wildman–Crippen MR) is 111 cm³/mol. The molecule has 6 heteroatoms. The molecular formula is C21H30BrN3O2. The molecule has 5 nitrogen and oxygen atoms in total. The van der Waals surface area contributed by atoms with Crippen LogP contribution in [0.5, 0.6) is 0 Å². The van der Waals surface area contributed by atoms with E-state index in [-0.39, 0.29) is 17.6 Å². The second kappa shape index (κ2) is 8.50. The maximum absolute atomic E-state index is 6.01. The number of guanidine groups is 1. The van der Waals surface area contributed by atoms with Gasteiger partial charge in [-0.2, -0.15) is 0 Å². The Labute approximate surface area is 170 Å². The molecule has 1 aliphatic carbocycles. The third-order valence-electron chi connectivity index (χ3n) is 5.93. The Bertz CT molecular complexity index is 671. The number of nitrogens with zero attached hydrogens (tertiary/aromatic N) is 2. The number of aliphatic imine (C=N–C) groups is 1. The van der Waals surface area contributed by atoms with E-state index in [1.54, 1.807) is 0 Å². The van der Waals surface area contributed by atoms with Gasteiger partial charge in [-0.25, -0.2) is 0 Å². The van der Waals surface area contributed by atoms with Crippen LogP contribution >= 0.6 is 15.9 Å². The van der Waals surface area contributed by atoms with E-state index >= 15 is 0 Å². The zero-order valence-corrected chi connectivity index (χ0v) is 17.7. The van der Waals surface area contributed by atoms with Crippen molar-refractivity contribution in [2.75, 3.05) is 39.4 Å². The number of rotatable bonds is 5. The highest BCUT2D eigenvalue weighted by molar-refractivity contribution is 9.10. The molecule has 2 atom stereocenters. The molecule has 1 saturated carbocycles. The lowest BCUT2D eigenvalue weighted by Gasteiger charge is -2.37. The van der Waals surface area contributed by atoms with Crippen LogP contribution in [0.15, 0.2) is 33.7 Å². The topological polar surface area (TPSA) is 46.1 Å². The van der Waals surface area contributed by atoms with Gasteiger partial charge in [-0.05, 0) is 50.3 Å². The van der Waals surface area contributed by atoms with E-state index in [0.717, 1.165) is 62.7 Å². The molecule has 2 aliphatic heterocycles. The van der Waals surface area contributed by atoms with E-state index in [9.17, 15) is 0 Å². The SMILES string of the molecule is CCNC(=NCC1(c2cccc(Br)c2)CC1)N1CCOC(C2CCCO2)C1. The number of hydrogen-bond donors (Lipinski definition) is 1. The second-order valence-electron chi connectivity index (χ2n) is 7.87. The Hall–Kier alpha value is -1.11.